The van der Waals surface area contributed by atoms with Crippen molar-refractivity contribution in [2.75, 3.05) is 5.32 Å². The number of nitrogens with zero attached hydrogens (tertiary/aromatic N) is 1. The van der Waals surface area contributed by atoms with E-state index in [-0.39, 0.29) is 30.1 Å². The van der Waals surface area contributed by atoms with Crippen LogP contribution in [0.4, 0.5) is 10.1 Å². The Balaban J connectivity index is 1.73. The fourth-order valence-corrected chi connectivity index (χ4v) is 3.48. The summed E-state index contributed by atoms with van der Waals surface area (Å²) in [4.78, 5) is 25.9. The van der Waals surface area contributed by atoms with Crippen LogP contribution in [-0.4, -0.2) is 28.8 Å². The molecule has 0 aromatic heterocycles. The lowest BCUT2D eigenvalue weighted by molar-refractivity contribution is -0.141. The lowest BCUT2D eigenvalue weighted by Gasteiger charge is -2.22. The van der Waals surface area contributed by atoms with Crippen molar-refractivity contribution in [3.05, 3.63) is 28.5 Å². The highest BCUT2D eigenvalue weighted by atomic mass is 79.9. The maximum atomic E-state index is 13.2. The first kappa shape index (κ1) is 14.5. The number of likely N-dealkylation sites (tertiary alicyclic amines) is 1. The molecule has 1 aromatic carbocycles. The molecule has 1 saturated heterocycles. The number of hydrogen-bond donors (Lipinski definition) is 1. The Morgan fingerprint density at radius 1 is 1.24 bits per heavy atom. The number of carbonyl (C=O) groups is 2. The summed E-state index contributed by atoms with van der Waals surface area (Å²) in [6, 6.07) is 3.98. The van der Waals surface area contributed by atoms with Gasteiger partial charge in [-0.15, -0.1) is 0 Å². The second kappa shape index (κ2) is 5.75. The Morgan fingerprint density at radius 2 is 1.95 bits per heavy atom. The number of carbonyl (C=O) groups excluding carboxylic acids is 2. The molecule has 1 aliphatic heterocycles. The second-order valence-corrected chi connectivity index (χ2v) is 6.42. The monoisotopic (exact) mass is 354 g/mol. The molecule has 2 aliphatic rings. The highest BCUT2D eigenvalue weighted by molar-refractivity contribution is 9.10. The maximum Gasteiger partial charge on any atom is 0.252 e. The number of imide groups is 1. The van der Waals surface area contributed by atoms with E-state index < -0.39 is 6.04 Å². The summed E-state index contributed by atoms with van der Waals surface area (Å²) < 4.78 is 13.5. The van der Waals surface area contributed by atoms with Crippen LogP contribution in [0.5, 0.6) is 0 Å². The third-order valence-corrected chi connectivity index (χ3v) is 4.74. The zero-order valence-electron chi connectivity index (χ0n) is 11.4. The van der Waals surface area contributed by atoms with Crippen molar-refractivity contribution in [2.24, 2.45) is 0 Å². The summed E-state index contributed by atoms with van der Waals surface area (Å²) in [5.41, 5.74) is 0.627. The van der Waals surface area contributed by atoms with E-state index in [1.165, 1.54) is 11.0 Å². The summed E-state index contributed by atoms with van der Waals surface area (Å²) in [5, 5.41) is 3.03. The summed E-state index contributed by atoms with van der Waals surface area (Å²) >= 11 is 3.11. The first-order chi connectivity index (χ1) is 10.1. The van der Waals surface area contributed by atoms with Gasteiger partial charge < -0.3 is 5.32 Å². The Hall–Kier alpha value is -1.43. The quantitative estimate of drug-likeness (QED) is 0.848. The molecule has 3 rings (SSSR count). The molecule has 1 saturated carbocycles. The van der Waals surface area contributed by atoms with Gasteiger partial charge in [0.1, 0.15) is 11.9 Å². The fraction of sp³-hybridized carbons (Fsp3) is 0.467. The van der Waals surface area contributed by atoms with Gasteiger partial charge in [-0.3, -0.25) is 14.5 Å². The molecule has 1 atom stereocenters. The fourth-order valence-electron chi connectivity index (χ4n) is 3.10. The largest absolute Gasteiger partial charge is 0.373 e. The molecular weight excluding hydrogens is 339 g/mol. The average molecular weight is 355 g/mol. The van der Waals surface area contributed by atoms with Crippen molar-refractivity contribution in [3.8, 4) is 0 Å². The summed E-state index contributed by atoms with van der Waals surface area (Å²) in [7, 11) is 0. The maximum absolute atomic E-state index is 13.2. The van der Waals surface area contributed by atoms with Crippen LogP contribution in [0.15, 0.2) is 22.7 Å². The number of rotatable bonds is 3. The van der Waals surface area contributed by atoms with Crippen molar-refractivity contribution >= 4 is 33.4 Å². The summed E-state index contributed by atoms with van der Waals surface area (Å²) in [5.74, 6) is -0.625. The van der Waals surface area contributed by atoms with E-state index in [0.717, 1.165) is 25.7 Å². The summed E-state index contributed by atoms with van der Waals surface area (Å²) in [6.45, 7) is 0. The van der Waals surface area contributed by atoms with Crippen molar-refractivity contribution < 1.29 is 14.0 Å². The van der Waals surface area contributed by atoms with Crippen molar-refractivity contribution in [1.82, 2.24) is 4.90 Å². The van der Waals surface area contributed by atoms with Gasteiger partial charge in [-0.2, -0.15) is 0 Å². The molecule has 1 unspecified atom stereocenters. The van der Waals surface area contributed by atoms with E-state index in [1.54, 1.807) is 12.1 Å². The van der Waals surface area contributed by atoms with E-state index in [9.17, 15) is 14.0 Å². The van der Waals surface area contributed by atoms with Gasteiger partial charge in [0.25, 0.3) is 5.91 Å². The van der Waals surface area contributed by atoms with E-state index in [0.29, 0.717) is 10.2 Å². The standard InChI is InChI=1S/C15H16BrFN2O2/c16-11-7-9(5-6-12(11)17)18-13-8-14(20)19(15(13)21)10-3-1-2-4-10/h5-7,10,13,18H,1-4,8H2. The number of hydrogen-bond acceptors (Lipinski definition) is 3. The predicted octanol–water partition coefficient (Wildman–Crippen LogP) is 3.07. The smallest absolute Gasteiger partial charge is 0.252 e. The Morgan fingerprint density at radius 3 is 2.62 bits per heavy atom. The molecule has 1 aromatic rings. The van der Waals surface area contributed by atoms with Crippen LogP contribution in [0.3, 0.4) is 0 Å². The van der Waals surface area contributed by atoms with Crippen LogP contribution in [0.25, 0.3) is 0 Å². The lowest BCUT2D eigenvalue weighted by atomic mass is 10.2. The lowest BCUT2D eigenvalue weighted by Crippen LogP contribution is -2.40. The minimum atomic E-state index is -0.546. The molecule has 1 N–H and O–H groups in total. The molecule has 0 radical (unpaired) electrons. The topological polar surface area (TPSA) is 49.4 Å². The zero-order chi connectivity index (χ0) is 15.0. The van der Waals surface area contributed by atoms with Gasteiger partial charge in [-0.25, -0.2) is 4.39 Å². The molecule has 4 nitrogen and oxygen atoms in total. The first-order valence-electron chi connectivity index (χ1n) is 7.14. The van der Waals surface area contributed by atoms with Gasteiger partial charge in [0.2, 0.25) is 5.91 Å². The second-order valence-electron chi connectivity index (χ2n) is 5.57. The number of nitrogens with one attached hydrogen (secondary N) is 1. The van der Waals surface area contributed by atoms with Crippen LogP contribution in [0.2, 0.25) is 0 Å². The Kier molecular flexibility index (Phi) is 3.97. The Bertz CT molecular complexity index is 587. The molecule has 1 heterocycles. The van der Waals surface area contributed by atoms with E-state index in [4.69, 9.17) is 0 Å². The van der Waals surface area contributed by atoms with Crippen molar-refractivity contribution in [1.29, 1.82) is 0 Å². The van der Waals surface area contributed by atoms with Gasteiger partial charge in [0.15, 0.2) is 0 Å². The van der Waals surface area contributed by atoms with Crippen LogP contribution in [0.1, 0.15) is 32.1 Å². The molecule has 0 spiro atoms. The molecule has 2 fully saturated rings. The number of amides is 2. The molecule has 0 bridgehead atoms. The highest BCUT2D eigenvalue weighted by Gasteiger charge is 2.42. The van der Waals surface area contributed by atoms with Gasteiger partial charge in [0.05, 0.1) is 10.9 Å². The highest BCUT2D eigenvalue weighted by Crippen LogP contribution is 2.29. The molecule has 1 aliphatic carbocycles. The first-order valence-corrected chi connectivity index (χ1v) is 7.93. The number of halogens is 2. The molecule has 2 amide bonds. The number of benzene rings is 1. The predicted molar refractivity (Wildman–Crippen MR) is 80.2 cm³/mol. The zero-order valence-corrected chi connectivity index (χ0v) is 13.0. The van der Waals surface area contributed by atoms with Crippen LogP contribution in [0, 0.1) is 5.82 Å². The molecule has 21 heavy (non-hydrogen) atoms. The molecular formula is C15H16BrFN2O2. The normalized spacial score (nSPS) is 23.1. The Labute approximate surface area is 130 Å². The minimum absolute atomic E-state index is 0.0664. The van der Waals surface area contributed by atoms with Crippen molar-refractivity contribution in [3.63, 3.8) is 0 Å². The molecule has 112 valence electrons. The van der Waals surface area contributed by atoms with E-state index >= 15 is 0 Å². The van der Waals surface area contributed by atoms with E-state index in [2.05, 4.69) is 21.2 Å². The molecule has 6 heteroatoms. The third-order valence-electron chi connectivity index (χ3n) is 4.13. The van der Waals surface area contributed by atoms with Crippen molar-refractivity contribution in [2.45, 2.75) is 44.2 Å². The SMILES string of the molecule is O=C1CC(Nc2ccc(F)c(Br)c2)C(=O)N1C1CCCC1. The summed E-state index contributed by atoms with van der Waals surface area (Å²) in [6.07, 6.45) is 4.14. The van der Waals surface area contributed by atoms with Gasteiger partial charge in [-0.05, 0) is 47.0 Å². The van der Waals surface area contributed by atoms with Crippen LogP contribution in [-0.2, 0) is 9.59 Å². The van der Waals surface area contributed by atoms with E-state index in [1.807, 2.05) is 0 Å². The number of anilines is 1. The van der Waals surface area contributed by atoms with Gasteiger partial charge in [0, 0.05) is 11.7 Å². The minimum Gasteiger partial charge on any atom is -0.373 e. The average Bonchev–Trinajstić information content (AvgIpc) is 3.04. The van der Waals surface area contributed by atoms with Crippen LogP contribution >= 0.6 is 15.9 Å². The van der Waals surface area contributed by atoms with Gasteiger partial charge in [-0.1, -0.05) is 12.8 Å². The van der Waals surface area contributed by atoms with Crippen LogP contribution < -0.4 is 5.32 Å². The third kappa shape index (κ3) is 2.81. The van der Waals surface area contributed by atoms with Gasteiger partial charge >= 0.3 is 0 Å².